The fraction of sp³-hybridized carbons (Fsp3) is 0.273. The van der Waals surface area contributed by atoms with Gasteiger partial charge < -0.3 is 5.32 Å². The Bertz CT molecular complexity index is 365. The molecule has 15 heavy (non-hydrogen) atoms. The summed E-state index contributed by atoms with van der Waals surface area (Å²) in [6.07, 6.45) is 0. The first-order valence-corrected chi connectivity index (χ1v) is 6.10. The van der Waals surface area contributed by atoms with Crippen LogP contribution in [0.2, 0.25) is 0 Å². The molecule has 0 bridgehead atoms. The molecule has 0 aliphatic rings. The van der Waals surface area contributed by atoms with E-state index in [2.05, 4.69) is 47.2 Å². The van der Waals surface area contributed by atoms with Gasteiger partial charge in [-0.15, -0.1) is 0 Å². The Morgan fingerprint density at radius 1 is 1.47 bits per heavy atom. The Labute approximate surface area is 109 Å². The van der Waals surface area contributed by atoms with Crippen molar-refractivity contribution in [3.8, 4) is 0 Å². The third kappa shape index (κ3) is 3.71. The summed E-state index contributed by atoms with van der Waals surface area (Å²) in [5.41, 5.74) is 4.83. The zero-order chi connectivity index (χ0) is 11.4. The topological polar surface area (TPSA) is 12.0 Å². The van der Waals surface area contributed by atoms with Crippen molar-refractivity contribution in [3.63, 3.8) is 0 Å². The lowest BCUT2D eigenvalue weighted by molar-refractivity contribution is 1.26. The van der Waals surface area contributed by atoms with E-state index in [1.54, 1.807) is 0 Å². The SMILES string of the molecule is Cc1cc(C)c(NC/C(Cl)=C/Cl)c(Br)c1. The van der Waals surface area contributed by atoms with Crippen molar-refractivity contribution in [3.05, 3.63) is 38.3 Å². The maximum absolute atomic E-state index is 5.80. The van der Waals surface area contributed by atoms with E-state index in [1.807, 2.05) is 0 Å². The summed E-state index contributed by atoms with van der Waals surface area (Å²) in [5, 5.41) is 3.81. The van der Waals surface area contributed by atoms with E-state index in [-0.39, 0.29) is 0 Å². The van der Waals surface area contributed by atoms with Gasteiger partial charge in [-0.25, -0.2) is 0 Å². The second kappa shape index (κ2) is 5.78. The smallest absolute Gasteiger partial charge is 0.0517 e. The standard InChI is InChI=1S/C11H12BrCl2N/c1-7-3-8(2)11(10(12)4-7)15-6-9(14)5-13/h3-5,15H,6H2,1-2H3/b9-5-. The number of halogens is 3. The highest BCUT2D eigenvalue weighted by Gasteiger charge is 2.04. The van der Waals surface area contributed by atoms with Crippen LogP contribution >= 0.6 is 39.1 Å². The second-order valence-corrected chi connectivity index (χ2v) is 4.91. The highest BCUT2D eigenvalue weighted by molar-refractivity contribution is 9.10. The van der Waals surface area contributed by atoms with Crippen LogP contribution < -0.4 is 5.32 Å². The van der Waals surface area contributed by atoms with Gasteiger partial charge in [0.2, 0.25) is 0 Å². The number of hydrogen-bond donors (Lipinski definition) is 1. The molecule has 0 amide bonds. The molecule has 82 valence electrons. The van der Waals surface area contributed by atoms with E-state index >= 15 is 0 Å². The molecule has 0 atom stereocenters. The van der Waals surface area contributed by atoms with Gasteiger partial charge in [-0.1, -0.05) is 29.3 Å². The lowest BCUT2D eigenvalue weighted by Crippen LogP contribution is -2.03. The van der Waals surface area contributed by atoms with Crippen molar-refractivity contribution in [2.24, 2.45) is 0 Å². The molecule has 4 heteroatoms. The molecule has 0 unspecified atom stereocenters. The normalized spacial score (nSPS) is 11.7. The third-order valence-electron chi connectivity index (χ3n) is 1.98. The van der Waals surface area contributed by atoms with Gasteiger partial charge in [-0.3, -0.25) is 0 Å². The van der Waals surface area contributed by atoms with Crippen LogP contribution in [-0.2, 0) is 0 Å². The molecular formula is C11H12BrCl2N. The zero-order valence-electron chi connectivity index (χ0n) is 8.57. The Morgan fingerprint density at radius 3 is 2.67 bits per heavy atom. The van der Waals surface area contributed by atoms with Crippen LogP contribution in [0.25, 0.3) is 0 Å². The van der Waals surface area contributed by atoms with Crippen LogP contribution in [0.4, 0.5) is 5.69 Å². The van der Waals surface area contributed by atoms with Gasteiger partial charge in [0.05, 0.1) is 12.2 Å². The molecule has 1 aromatic carbocycles. The van der Waals surface area contributed by atoms with Crippen molar-refractivity contribution in [1.29, 1.82) is 0 Å². The van der Waals surface area contributed by atoms with Crippen LogP contribution in [-0.4, -0.2) is 6.54 Å². The number of anilines is 1. The van der Waals surface area contributed by atoms with Gasteiger partial charge in [0, 0.05) is 15.0 Å². The Kier molecular flexibility index (Phi) is 4.97. The molecular weight excluding hydrogens is 297 g/mol. The summed E-state index contributed by atoms with van der Waals surface area (Å²) in [6.45, 7) is 4.65. The molecule has 1 rings (SSSR count). The number of benzene rings is 1. The Morgan fingerprint density at radius 2 is 2.13 bits per heavy atom. The minimum Gasteiger partial charge on any atom is -0.379 e. The summed E-state index contributed by atoms with van der Waals surface area (Å²) in [7, 11) is 0. The fourth-order valence-electron chi connectivity index (χ4n) is 1.35. The van der Waals surface area contributed by atoms with Crippen LogP contribution in [0.1, 0.15) is 11.1 Å². The molecule has 0 heterocycles. The molecule has 1 nitrogen and oxygen atoms in total. The van der Waals surface area contributed by atoms with Crippen LogP contribution in [0.3, 0.4) is 0 Å². The first-order chi connectivity index (χ1) is 7.04. The summed E-state index contributed by atoms with van der Waals surface area (Å²) in [5.74, 6) is 0. The molecule has 1 N–H and O–H groups in total. The maximum atomic E-state index is 5.80. The molecule has 0 aliphatic carbocycles. The number of rotatable bonds is 3. The molecule has 1 aromatic rings. The molecule has 0 saturated heterocycles. The van der Waals surface area contributed by atoms with E-state index < -0.39 is 0 Å². The van der Waals surface area contributed by atoms with Gasteiger partial charge >= 0.3 is 0 Å². The number of aryl methyl sites for hydroxylation is 2. The van der Waals surface area contributed by atoms with E-state index in [0.29, 0.717) is 11.6 Å². The fourth-order valence-corrected chi connectivity index (χ4v) is 2.31. The minimum absolute atomic E-state index is 0.535. The van der Waals surface area contributed by atoms with Crippen molar-refractivity contribution in [1.82, 2.24) is 0 Å². The lowest BCUT2D eigenvalue weighted by Gasteiger charge is -2.12. The van der Waals surface area contributed by atoms with Gasteiger partial charge in [-0.2, -0.15) is 0 Å². The van der Waals surface area contributed by atoms with Crippen LogP contribution in [0.5, 0.6) is 0 Å². The van der Waals surface area contributed by atoms with E-state index in [1.165, 1.54) is 16.7 Å². The number of hydrogen-bond acceptors (Lipinski definition) is 1. The van der Waals surface area contributed by atoms with Crippen molar-refractivity contribution < 1.29 is 0 Å². The minimum atomic E-state index is 0.535. The maximum Gasteiger partial charge on any atom is 0.0517 e. The third-order valence-corrected chi connectivity index (χ3v) is 3.23. The highest BCUT2D eigenvalue weighted by atomic mass is 79.9. The summed E-state index contributed by atoms with van der Waals surface area (Å²) in [6, 6.07) is 4.18. The Balaban J connectivity index is 2.86. The summed E-state index contributed by atoms with van der Waals surface area (Å²) >= 11 is 14.8. The van der Waals surface area contributed by atoms with Crippen LogP contribution in [0.15, 0.2) is 27.2 Å². The lowest BCUT2D eigenvalue weighted by atomic mass is 10.1. The van der Waals surface area contributed by atoms with Crippen molar-refractivity contribution in [2.75, 3.05) is 11.9 Å². The highest BCUT2D eigenvalue weighted by Crippen LogP contribution is 2.28. The first kappa shape index (κ1) is 12.9. The molecule has 0 saturated carbocycles. The predicted octanol–water partition coefficient (Wildman–Crippen LogP) is 4.80. The average Bonchev–Trinajstić information content (AvgIpc) is 2.15. The first-order valence-electron chi connectivity index (χ1n) is 4.50. The van der Waals surface area contributed by atoms with Gasteiger partial charge in [0.25, 0.3) is 0 Å². The summed E-state index contributed by atoms with van der Waals surface area (Å²) in [4.78, 5) is 0. The van der Waals surface area contributed by atoms with Gasteiger partial charge in [-0.05, 0) is 47.0 Å². The van der Waals surface area contributed by atoms with Crippen molar-refractivity contribution in [2.45, 2.75) is 13.8 Å². The zero-order valence-corrected chi connectivity index (χ0v) is 11.7. The van der Waals surface area contributed by atoms with E-state index in [4.69, 9.17) is 23.2 Å². The second-order valence-electron chi connectivity index (χ2n) is 3.35. The quantitative estimate of drug-likeness (QED) is 0.846. The molecule has 0 spiro atoms. The molecule has 0 fully saturated rings. The predicted molar refractivity (Wildman–Crippen MR) is 71.9 cm³/mol. The Hall–Kier alpha value is -0.180. The van der Waals surface area contributed by atoms with Crippen molar-refractivity contribution >= 4 is 44.8 Å². The van der Waals surface area contributed by atoms with Gasteiger partial charge in [0.1, 0.15) is 0 Å². The molecule has 0 aliphatic heterocycles. The monoisotopic (exact) mass is 307 g/mol. The van der Waals surface area contributed by atoms with Gasteiger partial charge in [0.15, 0.2) is 0 Å². The summed E-state index contributed by atoms with van der Waals surface area (Å²) < 4.78 is 1.04. The average molecular weight is 309 g/mol. The van der Waals surface area contributed by atoms with Crippen LogP contribution in [0, 0.1) is 13.8 Å². The largest absolute Gasteiger partial charge is 0.379 e. The molecule has 0 aromatic heterocycles. The molecule has 0 radical (unpaired) electrons. The number of nitrogens with one attached hydrogen (secondary N) is 1. The van der Waals surface area contributed by atoms with E-state index in [0.717, 1.165) is 10.2 Å². The van der Waals surface area contributed by atoms with E-state index in [9.17, 15) is 0 Å².